The van der Waals surface area contributed by atoms with Gasteiger partial charge in [0.25, 0.3) is 5.91 Å². The second-order valence-corrected chi connectivity index (χ2v) is 9.51. The molecule has 1 saturated heterocycles. The lowest BCUT2D eigenvalue weighted by Gasteiger charge is -2.35. The number of piperazine rings is 1. The summed E-state index contributed by atoms with van der Waals surface area (Å²) in [6.45, 7) is 8.83. The standard InChI is InChI=1S/C22H28N2O4S/c1-16-6-9-20(10-7-16)29(26,27)24-13-11-23(12-14-24)22(25)19(4)28-21-15-17(2)5-8-18(21)3/h5-10,15,19H,11-14H2,1-4H3. The fourth-order valence-electron chi connectivity index (χ4n) is 3.34. The van der Waals surface area contributed by atoms with E-state index in [0.717, 1.165) is 16.7 Å². The van der Waals surface area contributed by atoms with E-state index in [9.17, 15) is 13.2 Å². The minimum Gasteiger partial charge on any atom is -0.481 e. The van der Waals surface area contributed by atoms with Gasteiger partial charge in [0.1, 0.15) is 5.75 Å². The highest BCUT2D eigenvalue weighted by Crippen LogP contribution is 2.22. The molecule has 1 amide bonds. The van der Waals surface area contributed by atoms with Crippen LogP contribution in [0.3, 0.4) is 0 Å². The van der Waals surface area contributed by atoms with Crippen molar-refractivity contribution < 1.29 is 17.9 Å². The van der Waals surface area contributed by atoms with Crippen molar-refractivity contribution in [1.82, 2.24) is 9.21 Å². The Morgan fingerprint density at radius 3 is 2.14 bits per heavy atom. The lowest BCUT2D eigenvalue weighted by Crippen LogP contribution is -2.53. The smallest absolute Gasteiger partial charge is 0.263 e. The van der Waals surface area contributed by atoms with Crippen molar-refractivity contribution in [3.8, 4) is 5.75 Å². The minimum absolute atomic E-state index is 0.127. The topological polar surface area (TPSA) is 66.9 Å². The van der Waals surface area contributed by atoms with Gasteiger partial charge in [0, 0.05) is 26.2 Å². The number of aryl methyl sites for hydroxylation is 3. The molecule has 0 saturated carbocycles. The second-order valence-electron chi connectivity index (χ2n) is 7.57. The number of sulfonamides is 1. The summed E-state index contributed by atoms with van der Waals surface area (Å²) in [6, 6.07) is 12.7. The number of carbonyl (C=O) groups is 1. The van der Waals surface area contributed by atoms with Gasteiger partial charge < -0.3 is 9.64 Å². The molecule has 2 aromatic carbocycles. The maximum atomic E-state index is 12.8. The Hall–Kier alpha value is -2.38. The summed E-state index contributed by atoms with van der Waals surface area (Å²) in [7, 11) is -3.54. The summed E-state index contributed by atoms with van der Waals surface area (Å²) in [5.41, 5.74) is 3.06. The highest BCUT2D eigenvalue weighted by atomic mass is 32.2. The summed E-state index contributed by atoms with van der Waals surface area (Å²) < 4.78 is 33.0. The van der Waals surface area contributed by atoms with Gasteiger partial charge >= 0.3 is 0 Å². The van der Waals surface area contributed by atoms with Gasteiger partial charge in [-0.1, -0.05) is 29.8 Å². The summed E-state index contributed by atoms with van der Waals surface area (Å²) in [5, 5.41) is 0. The summed E-state index contributed by atoms with van der Waals surface area (Å²) in [5.74, 6) is 0.574. The normalized spacial score (nSPS) is 16.5. The second kappa shape index (κ2) is 8.55. The van der Waals surface area contributed by atoms with Crippen molar-refractivity contribution in [2.45, 2.75) is 38.7 Å². The van der Waals surface area contributed by atoms with Crippen LogP contribution < -0.4 is 4.74 Å². The molecule has 29 heavy (non-hydrogen) atoms. The number of hydrogen-bond donors (Lipinski definition) is 0. The van der Waals surface area contributed by atoms with E-state index < -0.39 is 16.1 Å². The molecule has 1 aliphatic rings. The fraction of sp³-hybridized carbons (Fsp3) is 0.409. The lowest BCUT2D eigenvalue weighted by molar-refractivity contribution is -0.139. The predicted molar refractivity (Wildman–Crippen MR) is 113 cm³/mol. The van der Waals surface area contributed by atoms with Crippen molar-refractivity contribution in [2.24, 2.45) is 0 Å². The Kier molecular flexibility index (Phi) is 6.29. The van der Waals surface area contributed by atoms with E-state index in [1.54, 1.807) is 36.1 Å². The van der Waals surface area contributed by atoms with Crippen molar-refractivity contribution in [3.05, 3.63) is 59.2 Å². The van der Waals surface area contributed by atoms with Crippen LogP contribution in [-0.2, 0) is 14.8 Å². The number of hydrogen-bond acceptors (Lipinski definition) is 4. The molecule has 0 radical (unpaired) electrons. The molecule has 0 N–H and O–H groups in total. The fourth-order valence-corrected chi connectivity index (χ4v) is 4.76. The SMILES string of the molecule is Cc1ccc(S(=O)(=O)N2CCN(C(=O)C(C)Oc3cc(C)ccc3C)CC2)cc1. The molecule has 1 unspecified atom stereocenters. The van der Waals surface area contributed by atoms with Gasteiger partial charge in [-0.25, -0.2) is 8.42 Å². The number of ether oxygens (including phenoxy) is 1. The molecule has 7 heteroatoms. The van der Waals surface area contributed by atoms with Crippen molar-refractivity contribution in [1.29, 1.82) is 0 Å². The van der Waals surface area contributed by atoms with Gasteiger partial charge in [0.05, 0.1) is 4.90 Å². The van der Waals surface area contributed by atoms with Crippen LogP contribution in [0.15, 0.2) is 47.4 Å². The van der Waals surface area contributed by atoms with Crippen molar-refractivity contribution in [3.63, 3.8) is 0 Å². The average Bonchev–Trinajstić information content (AvgIpc) is 2.70. The molecule has 0 bridgehead atoms. The molecule has 1 atom stereocenters. The third kappa shape index (κ3) is 4.79. The summed E-state index contributed by atoms with van der Waals surface area (Å²) in [4.78, 5) is 14.8. The van der Waals surface area contributed by atoms with Crippen LogP contribution in [-0.4, -0.2) is 55.8 Å². The van der Waals surface area contributed by atoms with Gasteiger partial charge in [-0.3, -0.25) is 4.79 Å². The van der Waals surface area contributed by atoms with Gasteiger partial charge in [-0.15, -0.1) is 0 Å². The highest BCUT2D eigenvalue weighted by molar-refractivity contribution is 7.89. The predicted octanol–water partition coefficient (Wildman–Crippen LogP) is 2.91. The Morgan fingerprint density at radius 1 is 0.931 bits per heavy atom. The monoisotopic (exact) mass is 416 g/mol. The van der Waals surface area contributed by atoms with Crippen LogP contribution in [0.4, 0.5) is 0 Å². The van der Waals surface area contributed by atoms with Crippen LogP contribution in [0, 0.1) is 20.8 Å². The van der Waals surface area contributed by atoms with Crippen LogP contribution in [0.5, 0.6) is 5.75 Å². The van der Waals surface area contributed by atoms with E-state index >= 15 is 0 Å². The van der Waals surface area contributed by atoms with E-state index in [-0.39, 0.29) is 23.9 Å². The molecule has 1 fully saturated rings. The Morgan fingerprint density at radius 2 is 1.52 bits per heavy atom. The molecule has 0 spiro atoms. The number of benzene rings is 2. The largest absolute Gasteiger partial charge is 0.481 e. The zero-order valence-electron chi connectivity index (χ0n) is 17.4. The number of rotatable bonds is 5. The zero-order chi connectivity index (χ0) is 21.2. The van der Waals surface area contributed by atoms with E-state index in [2.05, 4.69) is 0 Å². The molecular formula is C22H28N2O4S. The maximum Gasteiger partial charge on any atom is 0.263 e. The first-order valence-corrected chi connectivity index (χ1v) is 11.2. The van der Waals surface area contributed by atoms with Crippen molar-refractivity contribution >= 4 is 15.9 Å². The van der Waals surface area contributed by atoms with Gasteiger partial charge in [0.2, 0.25) is 10.0 Å². The third-order valence-electron chi connectivity index (χ3n) is 5.20. The minimum atomic E-state index is -3.54. The molecule has 0 aliphatic carbocycles. The highest BCUT2D eigenvalue weighted by Gasteiger charge is 2.32. The molecule has 2 aromatic rings. The van der Waals surface area contributed by atoms with E-state index in [4.69, 9.17) is 4.74 Å². The Balaban J connectivity index is 1.61. The molecular weight excluding hydrogens is 388 g/mol. The van der Waals surface area contributed by atoms with E-state index in [1.165, 1.54) is 4.31 Å². The molecule has 1 aliphatic heterocycles. The zero-order valence-corrected chi connectivity index (χ0v) is 18.2. The first-order valence-electron chi connectivity index (χ1n) is 9.78. The van der Waals surface area contributed by atoms with Gasteiger partial charge in [-0.05, 0) is 57.0 Å². The van der Waals surface area contributed by atoms with Crippen LogP contribution in [0.25, 0.3) is 0 Å². The Labute approximate surface area is 173 Å². The first kappa shape index (κ1) is 21.3. The molecule has 156 valence electrons. The quantitative estimate of drug-likeness (QED) is 0.752. The van der Waals surface area contributed by atoms with Gasteiger partial charge in [0.15, 0.2) is 6.10 Å². The summed E-state index contributed by atoms with van der Waals surface area (Å²) in [6.07, 6.45) is -0.629. The molecule has 0 aromatic heterocycles. The molecule has 3 rings (SSSR count). The third-order valence-corrected chi connectivity index (χ3v) is 7.12. The van der Waals surface area contributed by atoms with Crippen LogP contribution in [0.1, 0.15) is 23.6 Å². The van der Waals surface area contributed by atoms with E-state index in [0.29, 0.717) is 18.8 Å². The van der Waals surface area contributed by atoms with Crippen molar-refractivity contribution in [2.75, 3.05) is 26.2 Å². The molecule has 6 nitrogen and oxygen atoms in total. The number of carbonyl (C=O) groups excluding carboxylic acids is 1. The maximum absolute atomic E-state index is 12.8. The lowest BCUT2D eigenvalue weighted by atomic mass is 10.1. The van der Waals surface area contributed by atoms with E-state index in [1.807, 2.05) is 39.0 Å². The summed E-state index contributed by atoms with van der Waals surface area (Å²) >= 11 is 0. The van der Waals surface area contributed by atoms with Gasteiger partial charge in [-0.2, -0.15) is 4.31 Å². The average molecular weight is 417 g/mol. The number of amides is 1. The number of nitrogens with zero attached hydrogens (tertiary/aromatic N) is 2. The molecule has 1 heterocycles. The first-order chi connectivity index (χ1) is 13.7. The van der Waals surface area contributed by atoms with Crippen LogP contribution in [0.2, 0.25) is 0 Å². The van der Waals surface area contributed by atoms with Crippen LogP contribution >= 0.6 is 0 Å². The Bertz CT molecular complexity index is 978.